The van der Waals surface area contributed by atoms with Crippen molar-refractivity contribution in [2.24, 2.45) is 0 Å². The predicted molar refractivity (Wildman–Crippen MR) is 95.8 cm³/mol. The highest BCUT2D eigenvalue weighted by atomic mass is 35.5. The second-order valence-electron chi connectivity index (χ2n) is 4.55. The fraction of sp³-hybridized carbons (Fsp3) is 0.0714. The lowest BCUT2D eigenvalue weighted by molar-refractivity contribution is 0.102. The zero-order valence-electron chi connectivity index (χ0n) is 12.0. The van der Waals surface area contributed by atoms with Crippen molar-refractivity contribution in [3.63, 3.8) is 0 Å². The number of nitrogen functional groups attached to an aromatic ring is 1. The lowest BCUT2D eigenvalue weighted by Gasteiger charge is -2.07. The molecule has 2 heterocycles. The van der Waals surface area contributed by atoms with Crippen LogP contribution >= 0.6 is 23.7 Å². The van der Waals surface area contributed by atoms with Crippen LogP contribution in [-0.4, -0.2) is 22.9 Å². The Bertz CT molecular complexity index is 921. The Morgan fingerprint density at radius 3 is 2.83 bits per heavy atom. The molecular formula is C14H14ClN5O2S. The van der Waals surface area contributed by atoms with Gasteiger partial charge in [0, 0.05) is 12.4 Å². The van der Waals surface area contributed by atoms with Gasteiger partial charge in [-0.2, -0.15) is 0 Å². The van der Waals surface area contributed by atoms with Gasteiger partial charge in [0.2, 0.25) is 0 Å². The van der Waals surface area contributed by atoms with Crippen LogP contribution < -0.4 is 21.9 Å². The maximum Gasteiger partial charge on any atom is 0.261 e. The molecule has 1 aromatic carbocycles. The van der Waals surface area contributed by atoms with E-state index in [1.165, 1.54) is 6.20 Å². The van der Waals surface area contributed by atoms with Crippen molar-refractivity contribution >= 4 is 56.4 Å². The van der Waals surface area contributed by atoms with E-state index < -0.39 is 11.5 Å². The van der Waals surface area contributed by atoms with Crippen LogP contribution in [0.5, 0.6) is 0 Å². The summed E-state index contributed by atoms with van der Waals surface area (Å²) in [5.41, 5.74) is 6.54. The van der Waals surface area contributed by atoms with Gasteiger partial charge in [0.1, 0.15) is 10.6 Å². The lowest BCUT2D eigenvalue weighted by Crippen LogP contribution is -2.22. The molecule has 9 heteroatoms. The number of amides is 1. The Labute approximate surface area is 141 Å². The molecule has 23 heavy (non-hydrogen) atoms. The quantitative estimate of drug-likeness (QED) is 0.578. The third kappa shape index (κ3) is 3.27. The van der Waals surface area contributed by atoms with Crippen molar-refractivity contribution in [3.8, 4) is 0 Å². The molecule has 3 rings (SSSR count). The smallest absolute Gasteiger partial charge is 0.261 e. The van der Waals surface area contributed by atoms with Gasteiger partial charge in [-0.3, -0.25) is 9.59 Å². The number of benzene rings is 1. The molecule has 0 saturated heterocycles. The number of rotatable bonds is 3. The Balaban J connectivity index is 0.00000192. The molecule has 120 valence electrons. The maximum atomic E-state index is 12.2. The summed E-state index contributed by atoms with van der Waals surface area (Å²) in [5, 5.41) is 7.22. The van der Waals surface area contributed by atoms with Crippen molar-refractivity contribution in [2.75, 3.05) is 23.4 Å². The highest BCUT2D eigenvalue weighted by Crippen LogP contribution is 2.22. The minimum Gasteiger partial charge on any atom is -0.386 e. The monoisotopic (exact) mass is 351 g/mol. The largest absolute Gasteiger partial charge is 0.386 e. The summed E-state index contributed by atoms with van der Waals surface area (Å²) >= 11 is 1.14. The third-order valence-corrected chi connectivity index (χ3v) is 3.90. The van der Waals surface area contributed by atoms with Crippen LogP contribution in [0.25, 0.3) is 10.9 Å². The van der Waals surface area contributed by atoms with E-state index in [1.54, 1.807) is 13.1 Å². The molecular weight excluding hydrogens is 338 g/mol. The molecule has 0 aliphatic carbocycles. The molecule has 0 bridgehead atoms. The number of H-pyrrole nitrogens is 1. The topological polar surface area (TPSA) is 113 Å². The van der Waals surface area contributed by atoms with Gasteiger partial charge in [-0.1, -0.05) is 23.5 Å². The number of aromatic nitrogens is 2. The average Bonchev–Trinajstić information content (AvgIpc) is 2.91. The second kappa shape index (κ2) is 6.67. The number of nitrogens with zero attached hydrogens (tertiary/aromatic N) is 1. The van der Waals surface area contributed by atoms with E-state index in [-0.39, 0.29) is 18.0 Å². The van der Waals surface area contributed by atoms with Crippen LogP contribution in [0, 0.1) is 0 Å². The third-order valence-electron chi connectivity index (χ3n) is 3.15. The minimum absolute atomic E-state index is 0. The van der Waals surface area contributed by atoms with Crippen molar-refractivity contribution < 1.29 is 4.79 Å². The number of anilines is 3. The highest BCUT2D eigenvalue weighted by molar-refractivity contribution is 7.19. The van der Waals surface area contributed by atoms with E-state index in [0.29, 0.717) is 15.6 Å². The number of aromatic amines is 1. The summed E-state index contributed by atoms with van der Waals surface area (Å²) in [6, 6.07) is 7.08. The summed E-state index contributed by atoms with van der Waals surface area (Å²) < 4.78 is 0. The average molecular weight is 352 g/mol. The summed E-state index contributed by atoms with van der Waals surface area (Å²) in [4.78, 5) is 31.0. The molecule has 5 N–H and O–H groups in total. The number of carbonyl (C=O) groups is 1. The Hall–Kier alpha value is -2.58. The van der Waals surface area contributed by atoms with Gasteiger partial charge in [0.25, 0.3) is 11.5 Å². The summed E-state index contributed by atoms with van der Waals surface area (Å²) in [6.45, 7) is 0. The molecule has 0 aliphatic heterocycles. The lowest BCUT2D eigenvalue weighted by atomic mass is 10.1. The number of halogens is 1. The fourth-order valence-corrected chi connectivity index (χ4v) is 2.71. The molecule has 7 nitrogen and oxygen atoms in total. The van der Waals surface area contributed by atoms with Crippen molar-refractivity contribution in [3.05, 3.63) is 46.4 Å². The minimum atomic E-state index is -0.498. The maximum absolute atomic E-state index is 12.2. The predicted octanol–water partition coefficient (Wildman–Crippen LogP) is 2.28. The molecule has 0 fully saturated rings. The molecule has 0 spiro atoms. The van der Waals surface area contributed by atoms with Gasteiger partial charge in [-0.15, -0.1) is 12.4 Å². The zero-order valence-corrected chi connectivity index (χ0v) is 13.7. The van der Waals surface area contributed by atoms with E-state index in [1.807, 2.05) is 18.2 Å². The molecule has 0 unspecified atom stereocenters. The van der Waals surface area contributed by atoms with Crippen LogP contribution in [-0.2, 0) is 0 Å². The normalized spacial score (nSPS) is 10.1. The van der Waals surface area contributed by atoms with Crippen molar-refractivity contribution in [1.29, 1.82) is 0 Å². The van der Waals surface area contributed by atoms with Crippen LogP contribution in [0.2, 0.25) is 0 Å². The molecule has 0 saturated carbocycles. The number of nitrogens with one attached hydrogen (secondary N) is 3. The number of hydrogen-bond donors (Lipinski definition) is 4. The van der Waals surface area contributed by atoms with Gasteiger partial charge >= 0.3 is 0 Å². The summed E-state index contributed by atoms with van der Waals surface area (Å²) in [7, 11) is 1.77. The number of hydrogen-bond acceptors (Lipinski definition) is 6. The summed E-state index contributed by atoms with van der Waals surface area (Å²) in [6.07, 6.45) is 1.45. The van der Waals surface area contributed by atoms with Crippen LogP contribution in [0.4, 0.5) is 15.8 Å². The van der Waals surface area contributed by atoms with Gasteiger partial charge < -0.3 is 21.4 Å². The first kappa shape index (κ1) is 16.8. The van der Waals surface area contributed by atoms with E-state index in [4.69, 9.17) is 5.73 Å². The first-order chi connectivity index (χ1) is 10.6. The fourth-order valence-electron chi connectivity index (χ4n) is 2.13. The zero-order chi connectivity index (χ0) is 15.7. The van der Waals surface area contributed by atoms with Gasteiger partial charge in [-0.25, -0.2) is 4.98 Å². The first-order valence-electron chi connectivity index (χ1n) is 6.45. The number of para-hydroxylation sites is 1. The number of nitrogens with two attached hydrogens (primary N) is 1. The van der Waals surface area contributed by atoms with Gasteiger partial charge in [0.15, 0.2) is 5.13 Å². The van der Waals surface area contributed by atoms with E-state index in [2.05, 4.69) is 20.6 Å². The Morgan fingerprint density at radius 2 is 2.17 bits per heavy atom. The number of fused-ring (bicyclic) bond motifs is 1. The first-order valence-corrected chi connectivity index (χ1v) is 7.26. The van der Waals surface area contributed by atoms with Crippen molar-refractivity contribution in [1.82, 2.24) is 9.97 Å². The van der Waals surface area contributed by atoms with Gasteiger partial charge in [-0.05, 0) is 12.1 Å². The number of pyridine rings is 1. The number of carbonyl (C=O) groups excluding carboxylic acids is 1. The van der Waals surface area contributed by atoms with Crippen LogP contribution in [0.15, 0.2) is 35.3 Å². The van der Waals surface area contributed by atoms with Crippen molar-refractivity contribution in [2.45, 2.75) is 0 Å². The standard InChI is InChI=1S/C14H13N5O2S.ClH/c1-16-9-4-2-3-7-5-8(13(21)19-11(7)9)12(20)18-10-6-17-14(15)22-10;/h2-6,16H,1H3,(H2,15,17)(H,18,20)(H,19,21);1H. The second-order valence-corrected chi connectivity index (χ2v) is 5.61. The van der Waals surface area contributed by atoms with Crippen LogP contribution in [0.3, 0.4) is 0 Å². The van der Waals surface area contributed by atoms with Crippen LogP contribution in [0.1, 0.15) is 10.4 Å². The SMILES string of the molecule is CNc1cccc2cc(C(=O)Nc3cnc(N)s3)c(=O)[nH]c12.Cl. The molecule has 0 aliphatic rings. The van der Waals surface area contributed by atoms with Gasteiger partial charge in [0.05, 0.1) is 17.4 Å². The molecule has 0 atom stereocenters. The van der Waals surface area contributed by atoms with E-state index in [0.717, 1.165) is 22.4 Å². The highest BCUT2D eigenvalue weighted by Gasteiger charge is 2.14. The molecule has 1 amide bonds. The number of thiazole rings is 1. The van der Waals surface area contributed by atoms with E-state index >= 15 is 0 Å². The Kier molecular flexibility index (Phi) is 4.87. The Morgan fingerprint density at radius 1 is 1.39 bits per heavy atom. The summed E-state index contributed by atoms with van der Waals surface area (Å²) in [5.74, 6) is -0.498. The molecule has 2 aromatic heterocycles. The van der Waals surface area contributed by atoms with E-state index in [9.17, 15) is 9.59 Å². The molecule has 3 aromatic rings. The molecule has 0 radical (unpaired) electrons.